The Morgan fingerprint density at radius 2 is 1.74 bits per heavy atom. The van der Waals surface area contributed by atoms with E-state index in [-0.39, 0.29) is 11.9 Å². The number of hydrogen-bond donors (Lipinski definition) is 0. The van der Waals surface area contributed by atoms with Gasteiger partial charge in [-0.1, -0.05) is 67.6 Å². The molecule has 1 aliphatic carbocycles. The minimum Gasteiger partial charge on any atom is -0.493 e. The standard InChI is InChI=1S/C26H28ClN3O3S/c1-32-22-13-19-20(14-23(22)33-2)28-26(34-15-17-8-10-18(27)11-9-17)30-21(25(31)29-24(19)30)12-16-6-4-3-5-7-16/h8-11,13-14,16,21H,3-7,12,15H2,1-2H3. The van der Waals surface area contributed by atoms with Crippen LogP contribution in [0.15, 0.2) is 46.4 Å². The topological polar surface area (TPSA) is 63.5 Å². The van der Waals surface area contributed by atoms with Crippen LogP contribution in [0.3, 0.4) is 0 Å². The Morgan fingerprint density at radius 1 is 1.03 bits per heavy atom. The molecule has 1 atom stereocenters. The fourth-order valence-corrected chi connectivity index (χ4v) is 6.11. The number of ether oxygens (including phenoxy) is 2. The molecule has 1 amide bonds. The first-order valence-corrected chi connectivity index (χ1v) is 13.1. The number of halogens is 1. The van der Waals surface area contributed by atoms with Crippen LogP contribution < -0.4 is 9.47 Å². The van der Waals surface area contributed by atoms with Crippen molar-refractivity contribution in [2.24, 2.45) is 15.9 Å². The first-order chi connectivity index (χ1) is 16.6. The first-order valence-electron chi connectivity index (χ1n) is 11.7. The summed E-state index contributed by atoms with van der Waals surface area (Å²) in [6.45, 7) is 0. The molecule has 1 unspecified atom stereocenters. The fraction of sp³-hybridized carbons (Fsp3) is 0.423. The van der Waals surface area contributed by atoms with Gasteiger partial charge < -0.3 is 9.47 Å². The minimum atomic E-state index is -0.309. The predicted molar refractivity (Wildman–Crippen MR) is 138 cm³/mol. The van der Waals surface area contributed by atoms with E-state index < -0.39 is 0 Å². The summed E-state index contributed by atoms with van der Waals surface area (Å²) >= 11 is 7.67. The van der Waals surface area contributed by atoms with Crippen molar-refractivity contribution in [1.82, 2.24) is 4.90 Å². The molecular weight excluding hydrogens is 470 g/mol. The Labute approximate surface area is 209 Å². The molecule has 3 aliphatic rings. The van der Waals surface area contributed by atoms with Gasteiger partial charge in [0.25, 0.3) is 5.91 Å². The number of aliphatic imine (C=N–C) groups is 2. The summed E-state index contributed by atoms with van der Waals surface area (Å²) in [5.74, 6) is 3.04. The zero-order chi connectivity index (χ0) is 23.7. The summed E-state index contributed by atoms with van der Waals surface area (Å²) in [6, 6.07) is 11.2. The van der Waals surface area contributed by atoms with E-state index in [1.165, 1.54) is 32.1 Å². The maximum Gasteiger partial charge on any atom is 0.270 e. The molecule has 178 valence electrons. The average Bonchev–Trinajstić information content (AvgIpc) is 3.19. The largest absolute Gasteiger partial charge is 0.493 e. The molecule has 34 heavy (non-hydrogen) atoms. The Morgan fingerprint density at radius 3 is 2.44 bits per heavy atom. The van der Waals surface area contributed by atoms with Gasteiger partial charge in [0.1, 0.15) is 11.9 Å². The summed E-state index contributed by atoms with van der Waals surface area (Å²) in [6.07, 6.45) is 6.95. The number of nitrogens with zero attached hydrogens (tertiary/aromatic N) is 3. The molecule has 8 heteroatoms. The highest BCUT2D eigenvalue weighted by Crippen LogP contribution is 2.42. The molecule has 1 saturated carbocycles. The first kappa shape index (κ1) is 23.2. The van der Waals surface area contributed by atoms with Crippen LogP contribution in [0.1, 0.15) is 49.7 Å². The molecule has 0 radical (unpaired) electrons. The second-order valence-electron chi connectivity index (χ2n) is 8.93. The van der Waals surface area contributed by atoms with E-state index in [1.807, 2.05) is 36.4 Å². The number of benzene rings is 2. The lowest BCUT2D eigenvalue weighted by atomic mass is 9.84. The van der Waals surface area contributed by atoms with Crippen molar-refractivity contribution in [3.05, 3.63) is 52.5 Å². The number of carbonyl (C=O) groups excluding carboxylic acids is 1. The molecule has 2 aromatic rings. The molecule has 2 aliphatic heterocycles. The van der Waals surface area contributed by atoms with Crippen molar-refractivity contribution >= 4 is 46.0 Å². The summed E-state index contributed by atoms with van der Waals surface area (Å²) in [4.78, 5) is 24.8. The highest BCUT2D eigenvalue weighted by Gasteiger charge is 2.43. The van der Waals surface area contributed by atoms with E-state index in [2.05, 4.69) is 9.89 Å². The monoisotopic (exact) mass is 497 g/mol. The van der Waals surface area contributed by atoms with E-state index in [4.69, 9.17) is 26.1 Å². The molecule has 0 bridgehead atoms. The van der Waals surface area contributed by atoms with Gasteiger partial charge in [-0.2, -0.15) is 4.99 Å². The van der Waals surface area contributed by atoms with Gasteiger partial charge in [0.05, 0.1) is 19.9 Å². The second kappa shape index (κ2) is 10.0. The summed E-state index contributed by atoms with van der Waals surface area (Å²) in [5.41, 5.74) is 2.67. The number of hydrogen-bond acceptors (Lipinski definition) is 6. The lowest BCUT2D eigenvalue weighted by Crippen LogP contribution is -2.44. The third kappa shape index (κ3) is 4.56. The lowest BCUT2D eigenvalue weighted by molar-refractivity contribution is -0.120. The Hall–Kier alpha value is -2.51. The van der Waals surface area contributed by atoms with Crippen molar-refractivity contribution in [1.29, 1.82) is 0 Å². The predicted octanol–water partition coefficient (Wildman–Crippen LogP) is 6.22. The van der Waals surface area contributed by atoms with Gasteiger partial charge in [0.15, 0.2) is 16.7 Å². The quantitative estimate of drug-likeness (QED) is 0.474. The van der Waals surface area contributed by atoms with E-state index in [1.54, 1.807) is 26.0 Å². The third-order valence-corrected chi connectivity index (χ3v) is 8.04. The Kier molecular flexibility index (Phi) is 6.84. The van der Waals surface area contributed by atoms with Gasteiger partial charge in [0, 0.05) is 22.4 Å². The molecule has 0 saturated heterocycles. The van der Waals surface area contributed by atoms with E-state index in [0.29, 0.717) is 34.0 Å². The van der Waals surface area contributed by atoms with Gasteiger partial charge in [0.2, 0.25) is 0 Å². The van der Waals surface area contributed by atoms with Crippen LogP contribution in [0, 0.1) is 5.92 Å². The van der Waals surface area contributed by atoms with Crippen molar-refractivity contribution in [3.63, 3.8) is 0 Å². The SMILES string of the molecule is COc1cc2c(cc1OC)C1=NC(=O)C(CC3CCCCC3)N1C(SCc1ccc(Cl)cc1)=N2. The molecule has 5 rings (SSSR count). The normalized spacial score (nSPS) is 19.9. The number of carbonyl (C=O) groups is 1. The number of fused-ring (bicyclic) bond motifs is 3. The molecule has 0 spiro atoms. The average molecular weight is 498 g/mol. The summed E-state index contributed by atoms with van der Waals surface area (Å²) < 4.78 is 11.0. The van der Waals surface area contributed by atoms with Gasteiger partial charge >= 0.3 is 0 Å². The Bertz CT molecular complexity index is 1140. The van der Waals surface area contributed by atoms with E-state index in [9.17, 15) is 4.79 Å². The van der Waals surface area contributed by atoms with Gasteiger partial charge in [-0.15, -0.1) is 0 Å². The maximum atomic E-state index is 13.2. The highest BCUT2D eigenvalue weighted by atomic mass is 35.5. The van der Waals surface area contributed by atoms with Crippen LogP contribution in [-0.4, -0.2) is 42.1 Å². The van der Waals surface area contributed by atoms with Crippen molar-refractivity contribution in [2.75, 3.05) is 14.2 Å². The number of thioether (sulfide) groups is 1. The van der Waals surface area contributed by atoms with Crippen LogP contribution in [0.25, 0.3) is 0 Å². The molecule has 0 aromatic heterocycles. The molecule has 6 nitrogen and oxygen atoms in total. The third-order valence-electron chi connectivity index (χ3n) is 6.77. The number of amides is 1. The molecule has 0 N–H and O–H groups in total. The van der Waals surface area contributed by atoms with Gasteiger partial charge in [-0.05, 0) is 36.1 Å². The van der Waals surface area contributed by atoms with Crippen molar-refractivity contribution in [2.45, 2.75) is 50.3 Å². The van der Waals surface area contributed by atoms with Crippen LogP contribution in [-0.2, 0) is 10.5 Å². The molecule has 2 heterocycles. The van der Waals surface area contributed by atoms with Gasteiger partial charge in [-0.3, -0.25) is 9.69 Å². The zero-order valence-electron chi connectivity index (χ0n) is 19.4. The molecule has 2 aromatic carbocycles. The highest BCUT2D eigenvalue weighted by molar-refractivity contribution is 8.13. The maximum absolute atomic E-state index is 13.2. The van der Waals surface area contributed by atoms with E-state index in [0.717, 1.165) is 28.4 Å². The van der Waals surface area contributed by atoms with Crippen LogP contribution >= 0.6 is 23.4 Å². The van der Waals surface area contributed by atoms with Gasteiger partial charge in [-0.25, -0.2) is 4.99 Å². The summed E-state index contributed by atoms with van der Waals surface area (Å²) in [5, 5.41) is 1.51. The lowest BCUT2D eigenvalue weighted by Gasteiger charge is -2.33. The van der Waals surface area contributed by atoms with Crippen molar-refractivity contribution < 1.29 is 14.3 Å². The molecular formula is C26H28ClN3O3S. The number of amidine groups is 2. The van der Waals surface area contributed by atoms with Crippen LogP contribution in [0.2, 0.25) is 5.02 Å². The Balaban J connectivity index is 1.50. The smallest absolute Gasteiger partial charge is 0.270 e. The van der Waals surface area contributed by atoms with Crippen LogP contribution in [0.4, 0.5) is 5.69 Å². The number of rotatable bonds is 6. The second-order valence-corrected chi connectivity index (χ2v) is 10.3. The van der Waals surface area contributed by atoms with Crippen LogP contribution in [0.5, 0.6) is 11.5 Å². The van der Waals surface area contributed by atoms with Crippen molar-refractivity contribution in [3.8, 4) is 11.5 Å². The fourth-order valence-electron chi connectivity index (χ4n) is 4.98. The minimum absolute atomic E-state index is 0.0806. The number of methoxy groups -OCH3 is 2. The summed E-state index contributed by atoms with van der Waals surface area (Å²) in [7, 11) is 3.21. The van der Waals surface area contributed by atoms with E-state index >= 15 is 0 Å². The zero-order valence-corrected chi connectivity index (χ0v) is 21.0. The molecule has 1 fully saturated rings.